The fourth-order valence-corrected chi connectivity index (χ4v) is 2.47. The van der Waals surface area contributed by atoms with E-state index in [1.165, 1.54) is 0 Å². The second-order valence-corrected chi connectivity index (χ2v) is 5.41. The van der Waals surface area contributed by atoms with Crippen LogP contribution < -0.4 is 16.0 Å². The van der Waals surface area contributed by atoms with Crippen molar-refractivity contribution in [1.29, 1.82) is 0 Å². The smallest absolute Gasteiger partial charge is 0.240 e. The van der Waals surface area contributed by atoms with E-state index in [1.807, 2.05) is 17.9 Å². The predicted molar refractivity (Wildman–Crippen MR) is 79.8 cm³/mol. The molecule has 6 nitrogen and oxygen atoms in total. The van der Waals surface area contributed by atoms with Crippen LogP contribution in [-0.4, -0.2) is 35.0 Å². The number of anilines is 2. The van der Waals surface area contributed by atoms with Gasteiger partial charge in [0.25, 0.3) is 0 Å². The van der Waals surface area contributed by atoms with Gasteiger partial charge in [-0.05, 0) is 19.8 Å². The van der Waals surface area contributed by atoms with Gasteiger partial charge in [0.15, 0.2) is 0 Å². The SMILES string of the molecule is CCNc1cc(N2CCCC2C(N)=O)nc(C(C)C)n1. The van der Waals surface area contributed by atoms with Crippen molar-refractivity contribution in [3.8, 4) is 0 Å². The van der Waals surface area contributed by atoms with Crippen LogP contribution in [0.3, 0.4) is 0 Å². The molecule has 6 heteroatoms. The Hall–Kier alpha value is -1.85. The first-order valence-electron chi connectivity index (χ1n) is 7.21. The molecule has 1 aliphatic heterocycles. The van der Waals surface area contributed by atoms with E-state index in [1.54, 1.807) is 0 Å². The van der Waals surface area contributed by atoms with Crippen LogP contribution in [0.4, 0.5) is 11.6 Å². The average Bonchev–Trinajstić information content (AvgIpc) is 2.88. The van der Waals surface area contributed by atoms with Gasteiger partial charge in [-0.2, -0.15) is 0 Å². The maximum absolute atomic E-state index is 11.5. The molecule has 1 aliphatic rings. The average molecular weight is 277 g/mol. The van der Waals surface area contributed by atoms with Gasteiger partial charge < -0.3 is 16.0 Å². The van der Waals surface area contributed by atoms with Crippen LogP contribution in [0.15, 0.2) is 6.07 Å². The Bertz CT molecular complexity index is 488. The topological polar surface area (TPSA) is 84.1 Å². The molecule has 1 saturated heterocycles. The summed E-state index contributed by atoms with van der Waals surface area (Å²) in [5.74, 6) is 2.34. The lowest BCUT2D eigenvalue weighted by molar-refractivity contribution is -0.119. The molecule has 0 spiro atoms. The second kappa shape index (κ2) is 6.07. The first kappa shape index (κ1) is 14.6. The van der Waals surface area contributed by atoms with E-state index in [0.29, 0.717) is 0 Å². The van der Waals surface area contributed by atoms with Gasteiger partial charge >= 0.3 is 0 Å². The molecule has 1 fully saturated rings. The summed E-state index contributed by atoms with van der Waals surface area (Å²) in [5.41, 5.74) is 5.48. The quantitative estimate of drug-likeness (QED) is 0.851. The minimum atomic E-state index is -0.280. The number of hydrogen-bond donors (Lipinski definition) is 2. The lowest BCUT2D eigenvalue weighted by Crippen LogP contribution is -2.41. The number of nitrogens with two attached hydrogens (primary N) is 1. The molecule has 20 heavy (non-hydrogen) atoms. The molecule has 0 aliphatic carbocycles. The van der Waals surface area contributed by atoms with Crippen LogP contribution in [0.2, 0.25) is 0 Å². The van der Waals surface area contributed by atoms with E-state index in [4.69, 9.17) is 5.73 Å². The Morgan fingerprint density at radius 3 is 2.90 bits per heavy atom. The van der Waals surface area contributed by atoms with Gasteiger partial charge in [0, 0.05) is 25.1 Å². The molecule has 1 amide bonds. The number of nitrogens with zero attached hydrogens (tertiary/aromatic N) is 3. The Kier molecular flexibility index (Phi) is 4.42. The summed E-state index contributed by atoms with van der Waals surface area (Å²) < 4.78 is 0. The normalized spacial score (nSPS) is 18.6. The minimum absolute atomic E-state index is 0.238. The van der Waals surface area contributed by atoms with Crippen LogP contribution in [0, 0.1) is 0 Å². The van der Waals surface area contributed by atoms with Crippen molar-refractivity contribution in [1.82, 2.24) is 9.97 Å². The minimum Gasteiger partial charge on any atom is -0.370 e. The highest BCUT2D eigenvalue weighted by molar-refractivity contribution is 5.84. The van der Waals surface area contributed by atoms with Gasteiger partial charge in [-0.1, -0.05) is 13.8 Å². The van der Waals surface area contributed by atoms with Gasteiger partial charge in [-0.3, -0.25) is 4.79 Å². The molecule has 3 N–H and O–H groups in total. The zero-order valence-corrected chi connectivity index (χ0v) is 12.4. The zero-order chi connectivity index (χ0) is 14.7. The van der Waals surface area contributed by atoms with Crippen LogP contribution in [-0.2, 0) is 4.79 Å². The summed E-state index contributed by atoms with van der Waals surface area (Å²) in [5, 5.41) is 3.22. The van der Waals surface area contributed by atoms with Gasteiger partial charge in [-0.15, -0.1) is 0 Å². The van der Waals surface area contributed by atoms with E-state index in [9.17, 15) is 4.79 Å². The Balaban J connectivity index is 2.36. The van der Waals surface area contributed by atoms with E-state index in [2.05, 4.69) is 29.1 Å². The van der Waals surface area contributed by atoms with Crippen molar-refractivity contribution in [3.63, 3.8) is 0 Å². The summed E-state index contributed by atoms with van der Waals surface area (Å²) in [6, 6.07) is 1.65. The van der Waals surface area contributed by atoms with E-state index >= 15 is 0 Å². The number of nitrogens with one attached hydrogen (secondary N) is 1. The standard InChI is InChI=1S/C14H23N5O/c1-4-16-11-8-12(18-14(17-11)9(2)3)19-7-5-6-10(19)13(15)20/h8-10H,4-7H2,1-3H3,(H2,15,20)(H,16,17,18). The van der Waals surface area contributed by atoms with E-state index < -0.39 is 0 Å². The second-order valence-electron chi connectivity index (χ2n) is 5.41. The number of carbonyl (C=O) groups is 1. The molecule has 110 valence electrons. The molecule has 0 saturated carbocycles. The predicted octanol–water partition coefficient (Wildman–Crippen LogP) is 1.49. The molecule has 1 atom stereocenters. The molecule has 1 aromatic heterocycles. The summed E-state index contributed by atoms with van der Waals surface area (Å²) >= 11 is 0. The first-order valence-corrected chi connectivity index (χ1v) is 7.21. The van der Waals surface area contributed by atoms with Gasteiger partial charge in [-0.25, -0.2) is 9.97 Å². The number of aromatic nitrogens is 2. The third-order valence-corrected chi connectivity index (χ3v) is 3.48. The van der Waals surface area contributed by atoms with Gasteiger partial charge in [0.05, 0.1) is 0 Å². The molecule has 1 unspecified atom stereocenters. The molecule has 2 rings (SSSR count). The molecule has 0 aromatic carbocycles. The molecule has 2 heterocycles. The number of amides is 1. The maximum Gasteiger partial charge on any atom is 0.240 e. The third-order valence-electron chi connectivity index (χ3n) is 3.48. The Morgan fingerprint density at radius 1 is 1.55 bits per heavy atom. The Morgan fingerprint density at radius 2 is 2.30 bits per heavy atom. The maximum atomic E-state index is 11.5. The van der Waals surface area contributed by atoms with E-state index in [-0.39, 0.29) is 17.9 Å². The summed E-state index contributed by atoms with van der Waals surface area (Å²) in [6.07, 6.45) is 1.76. The highest BCUT2D eigenvalue weighted by Gasteiger charge is 2.30. The first-order chi connectivity index (χ1) is 9.52. The largest absolute Gasteiger partial charge is 0.370 e. The zero-order valence-electron chi connectivity index (χ0n) is 12.4. The number of carbonyl (C=O) groups excluding carboxylic acids is 1. The van der Waals surface area contributed by atoms with Crippen molar-refractivity contribution in [2.45, 2.75) is 45.6 Å². The van der Waals surface area contributed by atoms with Crippen molar-refractivity contribution in [3.05, 3.63) is 11.9 Å². The lowest BCUT2D eigenvalue weighted by Gasteiger charge is -2.24. The third kappa shape index (κ3) is 3.00. The monoisotopic (exact) mass is 277 g/mol. The fourth-order valence-electron chi connectivity index (χ4n) is 2.47. The fraction of sp³-hybridized carbons (Fsp3) is 0.643. The number of hydrogen-bond acceptors (Lipinski definition) is 5. The Labute approximate surface area is 119 Å². The molecule has 0 bridgehead atoms. The summed E-state index contributed by atoms with van der Waals surface area (Å²) in [4.78, 5) is 22.6. The van der Waals surface area contributed by atoms with Gasteiger partial charge in [0.1, 0.15) is 23.5 Å². The number of rotatable bonds is 5. The molecule has 1 aromatic rings. The van der Waals surface area contributed by atoms with Crippen molar-refractivity contribution >= 4 is 17.5 Å². The van der Waals surface area contributed by atoms with Crippen molar-refractivity contribution in [2.24, 2.45) is 5.73 Å². The lowest BCUT2D eigenvalue weighted by atomic mass is 10.2. The van der Waals surface area contributed by atoms with E-state index in [0.717, 1.165) is 43.4 Å². The van der Waals surface area contributed by atoms with Crippen molar-refractivity contribution in [2.75, 3.05) is 23.3 Å². The van der Waals surface area contributed by atoms with Crippen LogP contribution >= 0.6 is 0 Å². The highest BCUT2D eigenvalue weighted by atomic mass is 16.1. The highest BCUT2D eigenvalue weighted by Crippen LogP contribution is 2.26. The molecular formula is C14H23N5O. The summed E-state index contributed by atoms with van der Waals surface area (Å²) in [6.45, 7) is 7.76. The summed E-state index contributed by atoms with van der Waals surface area (Å²) in [7, 11) is 0. The molecular weight excluding hydrogens is 254 g/mol. The number of primary amides is 1. The van der Waals surface area contributed by atoms with Crippen molar-refractivity contribution < 1.29 is 4.79 Å². The van der Waals surface area contributed by atoms with Gasteiger partial charge in [0.2, 0.25) is 5.91 Å². The van der Waals surface area contributed by atoms with Crippen LogP contribution in [0.5, 0.6) is 0 Å². The van der Waals surface area contributed by atoms with Crippen LogP contribution in [0.1, 0.15) is 45.4 Å². The van der Waals surface area contributed by atoms with Crippen LogP contribution in [0.25, 0.3) is 0 Å². The molecule has 0 radical (unpaired) electrons.